The van der Waals surface area contributed by atoms with Crippen molar-refractivity contribution in [1.29, 1.82) is 0 Å². The number of rotatable bonds is 3. The Hall–Kier alpha value is -1.89. The van der Waals surface area contributed by atoms with Gasteiger partial charge in [0.25, 0.3) is 0 Å². The molecule has 150 valence electrons. The molecule has 8 heteroatoms. The Bertz CT molecular complexity index is 710. The number of carboxylic acids is 1. The summed E-state index contributed by atoms with van der Waals surface area (Å²) >= 11 is 6.06. The average Bonchev–Trinajstić information content (AvgIpc) is 2.62. The molecule has 1 aromatic rings. The summed E-state index contributed by atoms with van der Waals surface area (Å²) in [6, 6.07) is 2.87. The molecule has 0 aromatic heterocycles. The zero-order valence-corrected chi connectivity index (χ0v) is 15.9. The molecule has 2 aliphatic rings. The fourth-order valence-corrected chi connectivity index (χ4v) is 3.37. The second-order valence-corrected chi connectivity index (χ2v) is 6.55. The number of halogens is 4. The predicted molar refractivity (Wildman–Crippen MR) is 96.4 cm³/mol. The normalized spacial score (nSPS) is 19.8. The maximum absolute atomic E-state index is 13.1. The maximum atomic E-state index is 13.1. The molecule has 3 rings (SSSR count). The van der Waals surface area contributed by atoms with Crippen molar-refractivity contribution in [1.82, 2.24) is 0 Å². The number of benzene rings is 1. The van der Waals surface area contributed by atoms with Crippen LogP contribution in [0.15, 0.2) is 17.7 Å². The summed E-state index contributed by atoms with van der Waals surface area (Å²) in [4.78, 5) is 11.2. The molecule has 1 aliphatic carbocycles. The van der Waals surface area contributed by atoms with Gasteiger partial charge in [0, 0.05) is 11.6 Å². The van der Waals surface area contributed by atoms with Gasteiger partial charge in [0.1, 0.15) is 11.5 Å². The van der Waals surface area contributed by atoms with E-state index in [0.717, 1.165) is 38.2 Å². The number of hydrogen-bond acceptors (Lipinski definition) is 3. The van der Waals surface area contributed by atoms with E-state index >= 15 is 0 Å². The molecule has 0 amide bonds. The molecule has 1 aliphatic heterocycles. The van der Waals surface area contributed by atoms with Gasteiger partial charge in [-0.2, -0.15) is 13.2 Å². The third-order valence-electron chi connectivity index (χ3n) is 4.27. The first kappa shape index (κ1) is 21.4. The van der Waals surface area contributed by atoms with E-state index in [1.165, 1.54) is 12.1 Å². The van der Waals surface area contributed by atoms with Gasteiger partial charge in [-0.25, -0.2) is 4.79 Å². The van der Waals surface area contributed by atoms with Crippen LogP contribution in [0.4, 0.5) is 13.2 Å². The minimum atomic E-state index is -4.86. The van der Waals surface area contributed by atoms with Gasteiger partial charge >= 0.3 is 12.1 Å². The molecule has 4 nitrogen and oxygen atoms in total. The van der Waals surface area contributed by atoms with Gasteiger partial charge < -0.3 is 14.6 Å². The summed E-state index contributed by atoms with van der Waals surface area (Å²) in [6.45, 7) is 4.00. The maximum Gasteiger partial charge on any atom is 0.430 e. The lowest BCUT2D eigenvalue weighted by molar-refractivity contribution is -0.187. The van der Waals surface area contributed by atoms with E-state index < -0.39 is 23.8 Å². The SMILES string of the molecule is CC.O=C(O)C1=Cc2cc(OC3CCCCC3)cc(Cl)c2OC1C(F)(F)F. The highest BCUT2D eigenvalue weighted by atomic mass is 35.5. The van der Waals surface area contributed by atoms with Gasteiger partial charge in [0.05, 0.1) is 16.7 Å². The molecular formula is C19H22ClF3O4. The highest BCUT2D eigenvalue weighted by Crippen LogP contribution is 2.43. The molecule has 0 spiro atoms. The van der Waals surface area contributed by atoms with Crippen molar-refractivity contribution in [3.63, 3.8) is 0 Å². The molecule has 0 radical (unpaired) electrons. The molecule has 1 saturated carbocycles. The standard InChI is InChI=1S/C17H16ClF3O4.C2H6/c18-13-8-11(24-10-4-2-1-3-5-10)6-9-7-12(16(22)23)15(17(19,20)21)25-14(9)13;1-2/h6-8,10,15H,1-5H2,(H,22,23);1-2H3. The van der Waals surface area contributed by atoms with Crippen LogP contribution in [0.25, 0.3) is 6.08 Å². The van der Waals surface area contributed by atoms with Crippen molar-refractivity contribution in [2.45, 2.75) is 64.3 Å². The van der Waals surface area contributed by atoms with Gasteiger partial charge in [-0.1, -0.05) is 31.9 Å². The van der Waals surface area contributed by atoms with Crippen molar-refractivity contribution in [3.8, 4) is 11.5 Å². The Morgan fingerprint density at radius 3 is 2.41 bits per heavy atom. The Labute approximate surface area is 160 Å². The number of hydrogen-bond donors (Lipinski definition) is 1. The number of fused-ring (bicyclic) bond motifs is 1. The fourth-order valence-electron chi connectivity index (χ4n) is 3.11. The van der Waals surface area contributed by atoms with E-state index in [4.69, 9.17) is 26.2 Å². The van der Waals surface area contributed by atoms with Crippen LogP contribution < -0.4 is 9.47 Å². The topological polar surface area (TPSA) is 55.8 Å². The average molecular weight is 407 g/mol. The number of carbonyl (C=O) groups is 1. The number of alkyl halides is 3. The quantitative estimate of drug-likeness (QED) is 0.682. The second kappa shape index (κ2) is 8.87. The fraction of sp³-hybridized carbons (Fsp3) is 0.526. The summed E-state index contributed by atoms with van der Waals surface area (Å²) in [5.41, 5.74) is -0.720. The molecular weight excluding hydrogens is 385 g/mol. The molecule has 1 aromatic carbocycles. The van der Waals surface area contributed by atoms with Crippen molar-refractivity contribution < 1.29 is 32.5 Å². The largest absolute Gasteiger partial charge is 0.490 e. The van der Waals surface area contributed by atoms with Crippen molar-refractivity contribution in [2.75, 3.05) is 0 Å². The smallest absolute Gasteiger partial charge is 0.430 e. The summed E-state index contributed by atoms with van der Waals surface area (Å²) in [7, 11) is 0. The third kappa shape index (κ3) is 5.09. The summed E-state index contributed by atoms with van der Waals surface area (Å²) in [5, 5.41) is 9.04. The van der Waals surface area contributed by atoms with E-state index in [9.17, 15) is 18.0 Å². The van der Waals surface area contributed by atoms with Crippen LogP contribution in [0.5, 0.6) is 11.5 Å². The molecule has 1 heterocycles. The Morgan fingerprint density at radius 2 is 1.85 bits per heavy atom. The zero-order valence-electron chi connectivity index (χ0n) is 15.1. The summed E-state index contributed by atoms with van der Waals surface area (Å²) in [6.07, 6.45) is -1.37. The van der Waals surface area contributed by atoms with E-state index in [0.29, 0.717) is 5.75 Å². The van der Waals surface area contributed by atoms with Crippen LogP contribution in [-0.2, 0) is 4.79 Å². The predicted octanol–water partition coefficient (Wildman–Crippen LogP) is 5.87. The second-order valence-electron chi connectivity index (χ2n) is 6.15. The monoisotopic (exact) mass is 406 g/mol. The molecule has 1 fully saturated rings. The van der Waals surface area contributed by atoms with Gasteiger partial charge in [-0.05, 0) is 37.8 Å². The van der Waals surface area contributed by atoms with Gasteiger partial charge in [-0.3, -0.25) is 0 Å². The van der Waals surface area contributed by atoms with Gasteiger partial charge in [-0.15, -0.1) is 0 Å². The number of aliphatic carboxylic acids is 1. The van der Waals surface area contributed by atoms with E-state index in [2.05, 4.69) is 0 Å². The third-order valence-corrected chi connectivity index (χ3v) is 4.55. The molecule has 1 unspecified atom stereocenters. The number of carboxylic acid groups (broad SMARTS) is 1. The molecule has 1 atom stereocenters. The van der Waals surface area contributed by atoms with Crippen LogP contribution in [0, 0.1) is 0 Å². The lowest BCUT2D eigenvalue weighted by Gasteiger charge is -2.28. The highest BCUT2D eigenvalue weighted by molar-refractivity contribution is 6.32. The molecule has 0 saturated heterocycles. The Kier molecular flexibility index (Phi) is 7.03. The molecule has 1 N–H and O–H groups in total. The first-order valence-electron chi connectivity index (χ1n) is 8.94. The Balaban J connectivity index is 0.00000126. The molecule has 0 bridgehead atoms. The number of ether oxygens (including phenoxy) is 2. The Morgan fingerprint density at radius 1 is 1.22 bits per heavy atom. The minimum Gasteiger partial charge on any atom is -0.490 e. The van der Waals surface area contributed by atoms with Crippen LogP contribution in [0.1, 0.15) is 51.5 Å². The minimum absolute atomic E-state index is 0.0261. The van der Waals surface area contributed by atoms with Gasteiger partial charge in [0.15, 0.2) is 0 Å². The summed E-state index contributed by atoms with van der Waals surface area (Å²) < 4.78 is 49.9. The van der Waals surface area contributed by atoms with E-state index in [1.807, 2.05) is 13.8 Å². The van der Waals surface area contributed by atoms with Gasteiger partial charge in [0.2, 0.25) is 6.10 Å². The van der Waals surface area contributed by atoms with Crippen molar-refractivity contribution in [3.05, 3.63) is 28.3 Å². The lowest BCUT2D eigenvalue weighted by atomic mass is 9.97. The van der Waals surface area contributed by atoms with Crippen LogP contribution in [0.3, 0.4) is 0 Å². The van der Waals surface area contributed by atoms with E-state index in [-0.39, 0.29) is 22.4 Å². The molecule has 27 heavy (non-hydrogen) atoms. The van der Waals surface area contributed by atoms with Crippen LogP contribution in [0.2, 0.25) is 5.02 Å². The van der Waals surface area contributed by atoms with Crippen LogP contribution in [-0.4, -0.2) is 29.5 Å². The first-order chi connectivity index (χ1) is 12.8. The first-order valence-corrected chi connectivity index (χ1v) is 9.32. The van der Waals surface area contributed by atoms with Crippen molar-refractivity contribution >= 4 is 23.6 Å². The highest BCUT2D eigenvalue weighted by Gasteiger charge is 2.48. The summed E-state index contributed by atoms with van der Waals surface area (Å²) in [5.74, 6) is -1.49. The lowest BCUT2D eigenvalue weighted by Crippen LogP contribution is -2.40. The van der Waals surface area contributed by atoms with Crippen LogP contribution >= 0.6 is 11.6 Å². The van der Waals surface area contributed by atoms with E-state index in [1.54, 1.807) is 0 Å². The zero-order chi connectivity index (χ0) is 20.2. The van der Waals surface area contributed by atoms with Crippen molar-refractivity contribution in [2.24, 2.45) is 0 Å².